The minimum atomic E-state index is -4.53. The second-order valence-corrected chi connectivity index (χ2v) is 10.7. The molecule has 4 aromatic rings. The number of tetrazole rings is 1. The van der Waals surface area contributed by atoms with Gasteiger partial charge in [0.1, 0.15) is 6.33 Å². The molecular formula is C25H20ClF3N8OS. The molecule has 1 saturated heterocycles. The van der Waals surface area contributed by atoms with Crippen LogP contribution >= 0.6 is 23.4 Å². The second-order valence-electron chi connectivity index (χ2n) is 9.24. The molecule has 39 heavy (non-hydrogen) atoms. The summed E-state index contributed by atoms with van der Waals surface area (Å²) in [5.41, 5.74) is 0.733. The molecule has 2 aromatic heterocycles. The van der Waals surface area contributed by atoms with Gasteiger partial charge in [0.25, 0.3) is 5.91 Å². The lowest BCUT2D eigenvalue weighted by atomic mass is 10.1. The third-order valence-electron chi connectivity index (χ3n) is 6.74. The van der Waals surface area contributed by atoms with E-state index in [0.29, 0.717) is 15.6 Å². The van der Waals surface area contributed by atoms with E-state index >= 15 is 0 Å². The Morgan fingerprint density at radius 1 is 1.13 bits per heavy atom. The average Bonchev–Trinajstić information content (AvgIpc) is 3.66. The van der Waals surface area contributed by atoms with E-state index in [4.69, 9.17) is 11.6 Å². The summed E-state index contributed by atoms with van der Waals surface area (Å²) in [6, 6.07) is 9.40. The Balaban J connectivity index is 1.16. The van der Waals surface area contributed by atoms with Crippen molar-refractivity contribution in [2.75, 3.05) is 13.1 Å². The molecule has 0 bridgehead atoms. The molecule has 0 saturated carbocycles. The number of aromatic nitrogens is 6. The Bertz CT molecular complexity index is 1610. The summed E-state index contributed by atoms with van der Waals surface area (Å²) in [7, 11) is 0. The monoisotopic (exact) mass is 572 g/mol. The molecule has 1 amide bonds. The van der Waals surface area contributed by atoms with Gasteiger partial charge < -0.3 is 4.90 Å². The number of amidine groups is 1. The Morgan fingerprint density at radius 3 is 2.69 bits per heavy atom. The predicted molar refractivity (Wildman–Crippen MR) is 141 cm³/mol. The van der Waals surface area contributed by atoms with E-state index in [1.165, 1.54) is 28.6 Å². The summed E-state index contributed by atoms with van der Waals surface area (Å²) in [6.07, 6.45) is 2.15. The molecule has 0 spiro atoms. The largest absolute Gasteiger partial charge is 0.416 e. The first-order valence-electron chi connectivity index (χ1n) is 12.1. The maximum atomic E-state index is 13.5. The molecule has 9 nitrogen and oxygen atoms in total. The third-order valence-corrected chi connectivity index (χ3v) is 8.02. The zero-order chi connectivity index (χ0) is 27.1. The van der Waals surface area contributed by atoms with Crippen molar-refractivity contribution in [3.8, 4) is 0 Å². The van der Waals surface area contributed by atoms with Crippen LogP contribution in [0, 0.1) is 0 Å². The highest BCUT2D eigenvalue weighted by Crippen LogP contribution is 2.35. The number of halogens is 4. The molecule has 200 valence electrons. The summed E-state index contributed by atoms with van der Waals surface area (Å²) >= 11 is 7.14. The van der Waals surface area contributed by atoms with Gasteiger partial charge in [-0.1, -0.05) is 23.7 Å². The van der Waals surface area contributed by atoms with Crippen LogP contribution < -0.4 is 0 Å². The number of hydrogen-bond acceptors (Lipinski definition) is 7. The normalized spacial score (nSPS) is 17.9. The maximum Gasteiger partial charge on any atom is 0.416 e. The minimum absolute atomic E-state index is 0.0226. The lowest BCUT2D eigenvalue weighted by Crippen LogP contribution is -2.37. The molecule has 0 aliphatic carbocycles. The Kier molecular flexibility index (Phi) is 6.63. The smallest absolute Gasteiger partial charge is 0.351 e. The second kappa shape index (κ2) is 10.1. The summed E-state index contributed by atoms with van der Waals surface area (Å²) in [5.74, 6) is -0.296. The molecule has 6 rings (SSSR count). The number of nitrogens with zero attached hydrogens (tertiary/aromatic N) is 8. The first-order chi connectivity index (χ1) is 18.7. The zero-order valence-corrected chi connectivity index (χ0v) is 21.8. The summed E-state index contributed by atoms with van der Waals surface area (Å²) in [6.45, 7) is 1.42. The summed E-state index contributed by atoms with van der Waals surface area (Å²) in [5, 5.41) is 17.1. The fourth-order valence-electron chi connectivity index (χ4n) is 4.78. The minimum Gasteiger partial charge on any atom is -0.351 e. The van der Waals surface area contributed by atoms with Crippen LogP contribution in [0.15, 0.2) is 58.8 Å². The number of carbonyl (C=O) groups excluding carboxylic acids is 1. The quantitative estimate of drug-likeness (QED) is 0.316. The number of amides is 1. The number of carbonyl (C=O) groups is 1. The van der Waals surface area contributed by atoms with Crippen molar-refractivity contribution in [3.05, 3.63) is 75.5 Å². The molecule has 1 fully saturated rings. The first-order valence-corrected chi connectivity index (χ1v) is 13.3. The highest BCUT2D eigenvalue weighted by Gasteiger charge is 2.34. The molecule has 2 aliphatic rings. The van der Waals surface area contributed by atoms with Crippen molar-refractivity contribution in [1.82, 2.24) is 34.9 Å². The van der Waals surface area contributed by atoms with E-state index in [2.05, 4.69) is 30.5 Å². The van der Waals surface area contributed by atoms with Crippen molar-refractivity contribution in [3.63, 3.8) is 0 Å². The predicted octanol–water partition coefficient (Wildman–Crippen LogP) is 5.05. The van der Waals surface area contributed by atoms with E-state index < -0.39 is 11.7 Å². The standard InChI is InChI=1S/C25H20ClF3N8OS/c26-18-3-2-16(20(11-18)25(27,28)29)13-36-21-4-1-15(9-17(21)12-31-36)10-22-23(38)32-24(39-22)35-7-5-19(6-8-35)37-14-30-33-34-37/h1-4,9-12,14,19H,5-8,13H2/b22-10-. The molecule has 0 atom stereocenters. The summed E-state index contributed by atoms with van der Waals surface area (Å²) in [4.78, 5) is 19.5. The number of benzene rings is 2. The van der Waals surface area contributed by atoms with Crippen molar-refractivity contribution >= 4 is 51.4 Å². The molecule has 2 aromatic carbocycles. The number of likely N-dealkylation sites (tertiary alicyclic amines) is 1. The van der Waals surface area contributed by atoms with Gasteiger partial charge in [0, 0.05) is 23.5 Å². The highest BCUT2D eigenvalue weighted by molar-refractivity contribution is 8.18. The van der Waals surface area contributed by atoms with E-state index in [1.807, 2.05) is 12.1 Å². The molecule has 0 N–H and O–H groups in total. The topological polar surface area (TPSA) is 94.1 Å². The zero-order valence-electron chi connectivity index (χ0n) is 20.2. The van der Waals surface area contributed by atoms with Gasteiger partial charge >= 0.3 is 6.18 Å². The Morgan fingerprint density at radius 2 is 1.95 bits per heavy atom. The molecule has 14 heteroatoms. The van der Waals surface area contributed by atoms with Gasteiger partial charge in [-0.2, -0.15) is 23.3 Å². The molecular weight excluding hydrogens is 553 g/mol. The maximum absolute atomic E-state index is 13.5. The van der Waals surface area contributed by atoms with Crippen LogP contribution in [0.3, 0.4) is 0 Å². The lowest BCUT2D eigenvalue weighted by molar-refractivity contribution is -0.138. The van der Waals surface area contributed by atoms with E-state index in [9.17, 15) is 18.0 Å². The molecule has 0 radical (unpaired) electrons. The number of hydrogen-bond donors (Lipinski definition) is 0. The van der Waals surface area contributed by atoms with Crippen molar-refractivity contribution in [2.45, 2.75) is 31.6 Å². The number of alkyl halides is 3. The van der Waals surface area contributed by atoms with E-state index in [1.54, 1.807) is 29.3 Å². The van der Waals surface area contributed by atoms with Crippen molar-refractivity contribution in [2.24, 2.45) is 4.99 Å². The van der Waals surface area contributed by atoms with Crippen molar-refractivity contribution < 1.29 is 18.0 Å². The third kappa shape index (κ3) is 5.28. The summed E-state index contributed by atoms with van der Waals surface area (Å²) < 4.78 is 43.9. The number of piperidine rings is 1. The fraction of sp³-hybridized carbons (Fsp3) is 0.280. The van der Waals surface area contributed by atoms with Gasteiger partial charge in [-0.05, 0) is 76.5 Å². The Labute approximate surface area is 229 Å². The molecule has 2 aliphatic heterocycles. The van der Waals surface area contributed by atoms with Crippen LogP contribution in [0.5, 0.6) is 0 Å². The van der Waals surface area contributed by atoms with Gasteiger partial charge in [-0.3, -0.25) is 9.48 Å². The van der Waals surface area contributed by atoms with Crippen LogP contribution in [-0.4, -0.2) is 59.1 Å². The lowest BCUT2D eigenvalue weighted by Gasteiger charge is -2.32. The van der Waals surface area contributed by atoms with Gasteiger partial charge in [0.2, 0.25) is 0 Å². The van der Waals surface area contributed by atoms with Gasteiger partial charge in [-0.25, -0.2) is 4.68 Å². The van der Waals surface area contributed by atoms with E-state index in [0.717, 1.165) is 42.9 Å². The van der Waals surface area contributed by atoms with Crippen LogP contribution in [0.1, 0.15) is 35.6 Å². The average molecular weight is 573 g/mol. The number of aliphatic imine (C=N–C) groups is 1. The number of fused-ring (bicyclic) bond motifs is 1. The molecule has 4 heterocycles. The number of thioether (sulfide) groups is 1. The molecule has 0 unspecified atom stereocenters. The number of rotatable bonds is 4. The van der Waals surface area contributed by atoms with Crippen LogP contribution in [0.2, 0.25) is 5.02 Å². The highest BCUT2D eigenvalue weighted by atomic mass is 35.5. The van der Waals surface area contributed by atoms with Gasteiger partial charge in [0.15, 0.2) is 5.17 Å². The van der Waals surface area contributed by atoms with Crippen LogP contribution in [0.4, 0.5) is 13.2 Å². The fourth-order valence-corrected chi connectivity index (χ4v) is 5.91. The van der Waals surface area contributed by atoms with Crippen molar-refractivity contribution in [1.29, 1.82) is 0 Å². The van der Waals surface area contributed by atoms with Crippen LogP contribution in [-0.2, 0) is 17.5 Å². The van der Waals surface area contributed by atoms with Crippen LogP contribution in [0.25, 0.3) is 17.0 Å². The SMILES string of the molecule is O=C1N=C(N2CCC(n3cnnn3)CC2)S/C1=C\c1ccc2c(cnn2Cc2ccc(Cl)cc2C(F)(F)F)c1. The van der Waals surface area contributed by atoms with E-state index in [-0.39, 0.29) is 29.1 Å². The van der Waals surface area contributed by atoms with Gasteiger partial charge in [0.05, 0.1) is 34.8 Å². The van der Waals surface area contributed by atoms with Gasteiger partial charge in [-0.15, -0.1) is 5.10 Å². The Hall–Kier alpha value is -3.71. The first kappa shape index (κ1) is 25.6.